The van der Waals surface area contributed by atoms with Crippen LogP contribution in [0.4, 0.5) is 10.1 Å². The lowest BCUT2D eigenvalue weighted by Crippen LogP contribution is -2.21. The van der Waals surface area contributed by atoms with Gasteiger partial charge < -0.3 is 15.2 Å². The van der Waals surface area contributed by atoms with E-state index in [1.807, 2.05) is 26.8 Å². The van der Waals surface area contributed by atoms with Crippen LogP contribution in [0.3, 0.4) is 0 Å². The summed E-state index contributed by atoms with van der Waals surface area (Å²) in [4.78, 5) is 4.06. The Bertz CT molecular complexity index is 1170. The number of nitrogens with one attached hydrogen (secondary N) is 1. The number of hydrogen-bond acceptors (Lipinski definition) is 4. The van der Waals surface area contributed by atoms with Gasteiger partial charge in [0.2, 0.25) is 0 Å². The highest BCUT2D eigenvalue weighted by Gasteiger charge is 2.17. The zero-order valence-electron chi connectivity index (χ0n) is 24.2. The first-order valence-electron chi connectivity index (χ1n) is 13.8. The number of halogens is 4. The molecule has 2 rings (SSSR count). The zero-order chi connectivity index (χ0) is 29.8. The highest BCUT2D eigenvalue weighted by molar-refractivity contribution is 6.36. The maximum Gasteiger partial charge on any atom is 0.161 e. The molecule has 0 radical (unpaired) electrons. The molecule has 0 aliphatic rings. The van der Waals surface area contributed by atoms with Crippen LogP contribution >= 0.6 is 34.8 Å². The molecule has 0 saturated heterocycles. The Balaban J connectivity index is 1.87. The van der Waals surface area contributed by atoms with Crippen molar-refractivity contribution in [2.24, 2.45) is 10.9 Å². The third-order valence-electron chi connectivity index (χ3n) is 6.76. The largest absolute Gasteiger partial charge is 0.492 e. The van der Waals surface area contributed by atoms with Crippen LogP contribution in [0.1, 0.15) is 76.5 Å². The highest BCUT2D eigenvalue weighted by Crippen LogP contribution is 2.33. The van der Waals surface area contributed by atoms with E-state index in [1.54, 1.807) is 26.0 Å². The van der Waals surface area contributed by atoms with Crippen LogP contribution in [0.2, 0.25) is 15.1 Å². The van der Waals surface area contributed by atoms with Crippen molar-refractivity contribution >= 4 is 46.7 Å². The first-order chi connectivity index (χ1) is 19.0. The average Bonchev–Trinajstić information content (AvgIpc) is 2.89. The molecule has 2 unspecified atom stereocenters. The molecule has 0 aromatic heterocycles. The number of anilines is 1. The number of rotatable bonds is 16. The second-order valence-corrected chi connectivity index (χ2v) is 11.5. The van der Waals surface area contributed by atoms with Crippen molar-refractivity contribution < 1.29 is 14.2 Å². The summed E-state index contributed by atoms with van der Waals surface area (Å²) in [6.45, 7) is 13.8. The van der Waals surface area contributed by atoms with Crippen molar-refractivity contribution in [1.29, 1.82) is 0 Å². The molecule has 220 valence electrons. The van der Waals surface area contributed by atoms with Crippen LogP contribution < -0.4 is 10.1 Å². The fourth-order valence-corrected chi connectivity index (χ4v) is 5.38. The van der Waals surface area contributed by atoms with Gasteiger partial charge in [0.15, 0.2) is 5.82 Å². The number of benzene rings is 2. The van der Waals surface area contributed by atoms with E-state index in [0.29, 0.717) is 46.0 Å². The highest BCUT2D eigenvalue weighted by atomic mass is 35.5. The van der Waals surface area contributed by atoms with Crippen molar-refractivity contribution in [2.75, 3.05) is 11.9 Å². The molecule has 2 aromatic carbocycles. The van der Waals surface area contributed by atoms with E-state index < -0.39 is 6.10 Å². The number of hydrogen-bond donors (Lipinski definition) is 2. The van der Waals surface area contributed by atoms with Crippen molar-refractivity contribution in [2.45, 2.75) is 85.7 Å². The number of aryl methyl sites for hydroxylation is 2. The van der Waals surface area contributed by atoms with E-state index >= 15 is 0 Å². The number of aliphatic imine (C=N–C) groups is 1. The Morgan fingerprint density at radius 3 is 2.38 bits per heavy atom. The molecule has 0 aliphatic carbocycles. The molecule has 40 heavy (non-hydrogen) atoms. The third-order valence-corrected chi connectivity index (χ3v) is 7.72. The number of allylic oxidation sites excluding steroid dienone is 2. The topological polar surface area (TPSA) is 53.9 Å². The van der Waals surface area contributed by atoms with Gasteiger partial charge in [-0.05, 0) is 93.7 Å². The molecule has 0 bridgehead atoms. The summed E-state index contributed by atoms with van der Waals surface area (Å²) in [7, 11) is 0. The van der Waals surface area contributed by atoms with Crippen LogP contribution in [0.25, 0.3) is 0 Å². The molecule has 4 nitrogen and oxygen atoms in total. The minimum absolute atomic E-state index is 0.0693. The second-order valence-electron chi connectivity index (χ2n) is 10.3. The lowest BCUT2D eigenvalue weighted by atomic mass is 9.94. The van der Waals surface area contributed by atoms with Gasteiger partial charge in [-0.25, -0.2) is 9.38 Å². The monoisotopic (exact) mass is 610 g/mol. The number of aliphatic hydroxyl groups excluding tert-OH is 1. The Hall–Kier alpha value is -2.05. The summed E-state index contributed by atoms with van der Waals surface area (Å²) in [5.74, 6) is 0.534. The van der Waals surface area contributed by atoms with E-state index in [0.717, 1.165) is 47.9 Å². The maximum absolute atomic E-state index is 14.1. The molecule has 2 atom stereocenters. The van der Waals surface area contributed by atoms with Gasteiger partial charge in [-0.1, -0.05) is 60.3 Å². The molecule has 0 aliphatic heterocycles. The van der Waals surface area contributed by atoms with Gasteiger partial charge in [0.1, 0.15) is 11.6 Å². The summed E-state index contributed by atoms with van der Waals surface area (Å²) in [5.41, 5.74) is 4.70. The lowest BCUT2D eigenvalue weighted by molar-refractivity contribution is 0.0853. The van der Waals surface area contributed by atoms with Crippen molar-refractivity contribution in [3.8, 4) is 5.75 Å². The molecule has 8 heteroatoms. The average molecular weight is 612 g/mol. The standard InChI is InChI=1S/C32H42Cl3FN2O2/c1-7-29(36)32(37-8-2)38-24-18-26(33)25(27(34)19-24)11-9-10-21(5)30(39)14-15-40-31-22(6)16-23(17-28(31)35)13-12-20(3)4/h8,16-19,21,30,38-39H,3,7,9-15H2,1-2,4-6H3/b32-29-,37-8?. The van der Waals surface area contributed by atoms with Crippen molar-refractivity contribution in [1.82, 2.24) is 0 Å². The van der Waals surface area contributed by atoms with Crippen molar-refractivity contribution in [3.63, 3.8) is 0 Å². The van der Waals surface area contributed by atoms with E-state index in [2.05, 4.69) is 23.0 Å². The molecule has 0 heterocycles. The Labute approximate surface area is 254 Å². The van der Waals surface area contributed by atoms with Gasteiger partial charge in [-0.2, -0.15) is 0 Å². The summed E-state index contributed by atoms with van der Waals surface area (Å²) in [6, 6.07) is 7.50. The van der Waals surface area contributed by atoms with E-state index in [9.17, 15) is 9.50 Å². The first-order valence-corrected chi connectivity index (χ1v) is 15.0. The Kier molecular flexibility index (Phi) is 14.5. The lowest BCUT2D eigenvalue weighted by Gasteiger charge is -2.20. The molecule has 0 fully saturated rings. The van der Waals surface area contributed by atoms with Gasteiger partial charge in [-0.15, -0.1) is 6.58 Å². The minimum atomic E-state index is -0.510. The van der Waals surface area contributed by atoms with Crippen LogP contribution in [0, 0.1) is 12.8 Å². The Morgan fingerprint density at radius 1 is 1.12 bits per heavy atom. The summed E-state index contributed by atoms with van der Waals surface area (Å²) in [6.07, 6.45) is 5.83. The zero-order valence-corrected chi connectivity index (χ0v) is 26.5. The van der Waals surface area contributed by atoms with E-state index in [1.165, 1.54) is 6.21 Å². The number of nitrogens with zero attached hydrogens (tertiary/aromatic N) is 1. The quantitative estimate of drug-likeness (QED) is 0.147. The molecule has 0 amide bonds. The predicted molar refractivity (Wildman–Crippen MR) is 170 cm³/mol. The normalized spacial score (nSPS) is 13.8. The van der Waals surface area contributed by atoms with E-state index in [-0.39, 0.29) is 24.0 Å². The van der Waals surface area contributed by atoms with Crippen LogP contribution in [-0.2, 0) is 12.8 Å². The minimum Gasteiger partial charge on any atom is -0.492 e. The van der Waals surface area contributed by atoms with Gasteiger partial charge in [0.05, 0.1) is 17.7 Å². The van der Waals surface area contributed by atoms with Crippen LogP contribution in [-0.4, -0.2) is 24.0 Å². The van der Waals surface area contributed by atoms with E-state index in [4.69, 9.17) is 39.5 Å². The number of ether oxygens (including phenoxy) is 1. The van der Waals surface area contributed by atoms with Gasteiger partial charge in [-0.3, -0.25) is 0 Å². The summed E-state index contributed by atoms with van der Waals surface area (Å²) >= 11 is 19.5. The molecule has 2 N–H and O–H groups in total. The van der Waals surface area contributed by atoms with Crippen LogP contribution in [0.5, 0.6) is 5.75 Å². The maximum atomic E-state index is 14.1. The smallest absolute Gasteiger partial charge is 0.161 e. The molecular formula is C32H42Cl3FN2O2. The Morgan fingerprint density at radius 2 is 1.80 bits per heavy atom. The predicted octanol–water partition coefficient (Wildman–Crippen LogP) is 10.3. The fourth-order valence-electron chi connectivity index (χ4n) is 4.36. The number of aliphatic hydroxyl groups is 1. The summed E-state index contributed by atoms with van der Waals surface area (Å²) < 4.78 is 20.1. The fraction of sp³-hybridized carbons (Fsp3) is 0.469. The van der Waals surface area contributed by atoms with Crippen LogP contribution in [0.15, 0.2) is 53.1 Å². The SMILES string of the molecule is C=C(C)CCc1cc(C)c(OCCC(O)C(C)CCCc2c(Cl)cc(N/C(N=CC)=C(\F)CC)cc2Cl)c(Cl)c1. The van der Waals surface area contributed by atoms with Gasteiger partial charge >= 0.3 is 0 Å². The summed E-state index contributed by atoms with van der Waals surface area (Å²) in [5, 5.41) is 15.3. The van der Waals surface area contributed by atoms with Gasteiger partial charge in [0, 0.05) is 34.8 Å². The second kappa shape index (κ2) is 17.0. The first kappa shape index (κ1) is 34.2. The third kappa shape index (κ3) is 10.7. The molecule has 0 spiro atoms. The van der Waals surface area contributed by atoms with Gasteiger partial charge in [0.25, 0.3) is 0 Å². The molecule has 0 saturated carbocycles. The van der Waals surface area contributed by atoms with Crippen molar-refractivity contribution in [3.05, 3.63) is 79.8 Å². The molecule has 2 aromatic rings. The molecular weight excluding hydrogens is 570 g/mol.